The van der Waals surface area contributed by atoms with Gasteiger partial charge in [0.05, 0.1) is 11.4 Å². The number of hydrogen-bond donors (Lipinski definition) is 4. The number of hydrogen-bond acceptors (Lipinski definition) is 7. The topological polar surface area (TPSA) is 97.5 Å². The number of carbonyl (C=O) groups is 1. The van der Waals surface area contributed by atoms with Crippen molar-refractivity contribution >= 4 is 29.0 Å². The zero-order valence-corrected chi connectivity index (χ0v) is 23.0. The van der Waals surface area contributed by atoms with E-state index in [1.165, 1.54) is 24.3 Å². The van der Waals surface area contributed by atoms with Gasteiger partial charge in [0.1, 0.15) is 23.3 Å². The average Bonchev–Trinajstić information content (AvgIpc) is 3.04. The molecule has 0 saturated carbocycles. The second-order valence-electron chi connectivity index (χ2n) is 10.3. The van der Waals surface area contributed by atoms with E-state index in [-0.39, 0.29) is 11.4 Å². The van der Waals surface area contributed by atoms with Crippen LogP contribution in [-0.2, 0) is 0 Å². The van der Waals surface area contributed by atoms with Gasteiger partial charge >= 0.3 is 6.03 Å². The van der Waals surface area contributed by atoms with Crippen molar-refractivity contribution in [3.63, 3.8) is 0 Å². The third-order valence-electron chi connectivity index (χ3n) is 7.48. The van der Waals surface area contributed by atoms with Crippen LogP contribution in [0.1, 0.15) is 0 Å². The lowest BCUT2D eigenvalue weighted by Crippen LogP contribution is -2.43. The van der Waals surface area contributed by atoms with Gasteiger partial charge in [-0.05, 0) is 59.7 Å². The van der Waals surface area contributed by atoms with E-state index in [1.807, 2.05) is 24.3 Å². The Balaban J connectivity index is 1.07. The molecular weight excluding hydrogens is 538 g/mol. The quantitative estimate of drug-likeness (QED) is 0.270. The molecule has 216 valence electrons. The number of aromatic nitrogens is 2. The molecule has 4 heterocycles. The molecule has 2 aliphatic heterocycles. The first-order valence-electron chi connectivity index (χ1n) is 14.0. The Morgan fingerprint density at radius 3 is 1.38 bits per heavy atom. The Bertz CT molecular complexity index is 1420. The van der Waals surface area contributed by atoms with Gasteiger partial charge in [-0.3, -0.25) is 0 Å². The van der Waals surface area contributed by atoms with Gasteiger partial charge in [-0.15, -0.1) is 0 Å². The summed E-state index contributed by atoms with van der Waals surface area (Å²) in [6.45, 7) is 7.22. The first kappa shape index (κ1) is 27.6. The number of piperazine rings is 2. The van der Waals surface area contributed by atoms with Gasteiger partial charge in [-0.2, -0.15) is 0 Å². The van der Waals surface area contributed by atoms with E-state index in [4.69, 9.17) is 0 Å². The van der Waals surface area contributed by atoms with Crippen molar-refractivity contribution in [1.29, 1.82) is 0 Å². The van der Waals surface area contributed by atoms with Gasteiger partial charge in [0.2, 0.25) is 0 Å². The molecule has 2 saturated heterocycles. The third-order valence-corrected chi connectivity index (χ3v) is 7.48. The summed E-state index contributed by atoms with van der Waals surface area (Å²) in [4.78, 5) is 26.0. The summed E-state index contributed by atoms with van der Waals surface area (Å²) in [6.07, 6.45) is 3.43. The Labute approximate surface area is 243 Å². The average molecular weight is 571 g/mol. The van der Waals surface area contributed by atoms with E-state index in [1.54, 1.807) is 24.5 Å². The maximum absolute atomic E-state index is 14.9. The fourth-order valence-electron chi connectivity index (χ4n) is 5.14. The minimum Gasteiger partial charge on any atom is -0.354 e. The number of amides is 2. The number of urea groups is 1. The van der Waals surface area contributed by atoms with Crippen molar-refractivity contribution < 1.29 is 13.6 Å². The molecular formula is C31H32F2N8O. The number of anilines is 4. The molecule has 4 N–H and O–H groups in total. The number of carbonyl (C=O) groups excluding carboxylic acids is 1. The highest BCUT2D eigenvalue weighted by molar-refractivity contribution is 6.00. The summed E-state index contributed by atoms with van der Waals surface area (Å²) in [5, 5.41) is 11.5. The van der Waals surface area contributed by atoms with Gasteiger partial charge in [0.15, 0.2) is 0 Å². The highest BCUT2D eigenvalue weighted by Crippen LogP contribution is 2.27. The second-order valence-corrected chi connectivity index (χ2v) is 10.3. The maximum atomic E-state index is 14.9. The number of nitrogens with one attached hydrogen (secondary N) is 4. The summed E-state index contributed by atoms with van der Waals surface area (Å²) < 4.78 is 29.8. The number of halogens is 2. The van der Waals surface area contributed by atoms with Crippen LogP contribution in [0.3, 0.4) is 0 Å². The smallest absolute Gasteiger partial charge is 0.323 e. The number of benzene rings is 2. The summed E-state index contributed by atoms with van der Waals surface area (Å²) in [7, 11) is 0. The fourth-order valence-corrected chi connectivity index (χ4v) is 5.14. The first-order chi connectivity index (χ1) is 20.5. The normalized spacial score (nSPS) is 15.4. The minimum atomic E-state index is -0.752. The first-order valence-corrected chi connectivity index (χ1v) is 14.0. The minimum absolute atomic E-state index is 0.0191. The largest absolute Gasteiger partial charge is 0.354 e. The van der Waals surface area contributed by atoms with E-state index >= 15 is 0 Å². The molecule has 2 aromatic heterocycles. The molecule has 4 aromatic rings. The Morgan fingerprint density at radius 1 is 0.619 bits per heavy atom. The summed E-state index contributed by atoms with van der Waals surface area (Å²) in [5.41, 5.74) is 2.76. The Hall–Kier alpha value is -4.61. The molecule has 0 spiro atoms. The highest BCUT2D eigenvalue weighted by atomic mass is 19.1. The lowest BCUT2D eigenvalue weighted by molar-refractivity contribution is 0.262. The molecule has 2 aliphatic rings. The zero-order valence-electron chi connectivity index (χ0n) is 23.0. The van der Waals surface area contributed by atoms with Crippen LogP contribution in [0.5, 0.6) is 0 Å². The van der Waals surface area contributed by atoms with Crippen LogP contribution < -0.4 is 31.1 Å². The number of rotatable bonds is 6. The third kappa shape index (κ3) is 6.32. The molecule has 0 bridgehead atoms. The van der Waals surface area contributed by atoms with Crippen LogP contribution in [-0.4, -0.2) is 68.4 Å². The van der Waals surface area contributed by atoms with E-state index in [2.05, 4.69) is 41.0 Å². The predicted molar refractivity (Wildman–Crippen MR) is 162 cm³/mol. The van der Waals surface area contributed by atoms with Crippen LogP contribution in [0.25, 0.3) is 22.3 Å². The van der Waals surface area contributed by atoms with Crippen molar-refractivity contribution in [2.75, 3.05) is 72.8 Å². The maximum Gasteiger partial charge on any atom is 0.323 e. The van der Waals surface area contributed by atoms with Crippen LogP contribution in [0.2, 0.25) is 0 Å². The van der Waals surface area contributed by atoms with Crippen LogP contribution in [0, 0.1) is 11.6 Å². The van der Waals surface area contributed by atoms with E-state index in [0.717, 1.165) is 75.1 Å². The summed E-state index contributed by atoms with van der Waals surface area (Å²) >= 11 is 0. The molecule has 0 aliphatic carbocycles. The molecule has 2 amide bonds. The lowest BCUT2D eigenvalue weighted by atomic mass is 10.1. The van der Waals surface area contributed by atoms with E-state index < -0.39 is 17.7 Å². The molecule has 11 heteroatoms. The second kappa shape index (κ2) is 12.5. The van der Waals surface area contributed by atoms with E-state index in [0.29, 0.717) is 11.1 Å². The van der Waals surface area contributed by atoms with Crippen molar-refractivity contribution in [2.45, 2.75) is 0 Å². The molecule has 0 atom stereocenters. The molecule has 42 heavy (non-hydrogen) atoms. The van der Waals surface area contributed by atoms with Crippen LogP contribution >= 0.6 is 0 Å². The number of pyridine rings is 2. The summed E-state index contributed by atoms with van der Waals surface area (Å²) in [6, 6.07) is 16.0. The van der Waals surface area contributed by atoms with Crippen LogP contribution in [0.15, 0.2) is 73.1 Å². The molecule has 9 nitrogen and oxygen atoms in total. The van der Waals surface area contributed by atoms with Crippen molar-refractivity contribution in [2.24, 2.45) is 0 Å². The predicted octanol–water partition coefficient (Wildman–Crippen LogP) is 4.55. The SMILES string of the molecule is O=C(Nc1ccc(-c2ccc(N3CCNCC3)nc2)cc1F)Nc1ccc(-c2ccc(N3CCNCC3)nc2)cc1F. The van der Waals surface area contributed by atoms with Gasteiger partial charge in [0.25, 0.3) is 0 Å². The lowest BCUT2D eigenvalue weighted by Gasteiger charge is -2.28. The monoisotopic (exact) mass is 570 g/mol. The van der Waals surface area contributed by atoms with Crippen molar-refractivity contribution in [3.8, 4) is 22.3 Å². The standard InChI is InChI=1S/C31H32F2N8O/c32-25-17-21(23-3-7-29(36-19-23)40-13-9-34-10-14-40)1-5-27(25)38-31(42)39-28-6-2-22(18-26(28)33)24-4-8-30(37-20-24)41-15-11-35-12-16-41/h1-8,17-20,34-35H,9-16H2,(H2,38,39,42). The summed E-state index contributed by atoms with van der Waals surface area (Å²) in [5.74, 6) is 0.551. The Kier molecular flexibility index (Phi) is 8.20. The van der Waals surface area contributed by atoms with E-state index in [9.17, 15) is 13.6 Å². The fraction of sp³-hybridized carbons (Fsp3) is 0.258. The number of nitrogens with zero attached hydrogens (tertiary/aromatic N) is 4. The van der Waals surface area contributed by atoms with Gasteiger partial charge < -0.3 is 31.1 Å². The Morgan fingerprint density at radius 2 is 1.02 bits per heavy atom. The molecule has 6 rings (SSSR count). The molecule has 0 unspecified atom stereocenters. The zero-order chi connectivity index (χ0) is 28.9. The van der Waals surface area contributed by atoms with Crippen molar-refractivity contribution in [3.05, 3.63) is 84.7 Å². The molecule has 2 fully saturated rings. The molecule has 2 aromatic carbocycles. The van der Waals surface area contributed by atoms with Gasteiger partial charge in [-0.1, -0.05) is 12.1 Å². The van der Waals surface area contributed by atoms with Crippen molar-refractivity contribution in [1.82, 2.24) is 20.6 Å². The van der Waals surface area contributed by atoms with Gasteiger partial charge in [-0.25, -0.2) is 23.5 Å². The van der Waals surface area contributed by atoms with Crippen LogP contribution in [0.4, 0.5) is 36.6 Å². The highest BCUT2D eigenvalue weighted by Gasteiger charge is 2.15. The molecule has 0 radical (unpaired) electrons. The van der Waals surface area contributed by atoms with Gasteiger partial charge in [0, 0.05) is 75.9 Å².